The fourth-order valence-corrected chi connectivity index (χ4v) is 4.43. The molecule has 1 fully saturated rings. The van der Waals surface area contributed by atoms with Gasteiger partial charge in [0.2, 0.25) is 0 Å². The molecule has 35 heavy (non-hydrogen) atoms. The summed E-state index contributed by atoms with van der Waals surface area (Å²) in [5, 5.41) is 4.58. The van der Waals surface area contributed by atoms with E-state index in [1.807, 2.05) is 73.7 Å². The van der Waals surface area contributed by atoms with Gasteiger partial charge in [-0.2, -0.15) is 5.10 Å². The van der Waals surface area contributed by atoms with E-state index in [0.29, 0.717) is 37.4 Å². The fraction of sp³-hybridized carbons (Fsp3) is 0.222. The lowest BCUT2D eigenvalue weighted by molar-refractivity contribution is 0.0744. The van der Waals surface area contributed by atoms with E-state index >= 15 is 0 Å². The number of benzene rings is 2. The lowest BCUT2D eigenvalue weighted by Gasteiger charge is -2.35. The first-order chi connectivity index (χ1) is 17.0. The third kappa shape index (κ3) is 4.42. The van der Waals surface area contributed by atoms with Crippen LogP contribution in [0.5, 0.6) is 0 Å². The highest BCUT2D eigenvalue weighted by Gasteiger charge is 2.30. The van der Waals surface area contributed by atoms with Gasteiger partial charge in [-0.05, 0) is 12.5 Å². The highest BCUT2D eigenvalue weighted by atomic mass is 16.2. The van der Waals surface area contributed by atoms with Crippen molar-refractivity contribution in [2.24, 2.45) is 7.05 Å². The second-order valence-corrected chi connectivity index (χ2v) is 8.56. The Kier molecular flexibility index (Phi) is 6.10. The number of amides is 1. The minimum absolute atomic E-state index is 0.152. The summed E-state index contributed by atoms with van der Waals surface area (Å²) in [5.41, 5.74) is 3.46. The predicted octanol–water partition coefficient (Wildman–Crippen LogP) is 3.18. The Morgan fingerprint density at radius 3 is 2.11 bits per heavy atom. The van der Waals surface area contributed by atoms with Crippen molar-refractivity contribution in [2.45, 2.75) is 6.92 Å². The third-order valence-electron chi connectivity index (χ3n) is 6.25. The van der Waals surface area contributed by atoms with Gasteiger partial charge in [0.05, 0.1) is 5.69 Å². The highest BCUT2D eigenvalue weighted by molar-refractivity contribution is 6.03. The van der Waals surface area contributed by atoms with Gasteiger partial charge in [0.15, 0.2) is 0 Å². The summed E-state index contributed by atoms with van der Waals surface area (Å²) in [5.74, 6) is 0.573. The monoisotopic (exact) mass is 466 g/mol. The summed E-state index contributed by atoms with van der Waals surface area (Å²) in [6.45, 7) is 4.16. The number of aromatic nitrogens is 4. The Morgan fingerprint density at radius 2 is 1.49 bits per heavy atom. The van der Waals surface area contributed by atoms with Crippen molar-refractivity contribution in [3.63, 3.8) is 0 Å². The van der Waals surface area contributed by atoms with E-state index in [4.69, 9.17) is 0 Å². The molecule has 0 atom stereocenters. The molecule has 2 aromatic heterocycles. The van der Waals surface area contributed by atoms with Gasteiger partial charge in [-0.1, -0.05) is 60.7 Å². The first kappa shape index (κ1) is 22.5. The van der Waals surface area contributed by atoms with Crippen LogP contribution < -0.4 is 10.5 Å². The van der Waals surface area contributed by atoms with E-state index in [1.54, 1.807) is 18.3 Å². The van der Waals surface area contributed by atoms with E-state index in [0.717, 1.165) is 22.6 Å². The molecular formula is C27H26N6O2. The molecule has 8 nitrogen and oxygen atoms in total. The van der Waals surface area contributed by atoms with E-state index in [2.05, 4.69) is 20.0 Å². The van der Waals surface area contributed by atoms with Gasteiger partial charge in [0.25, 0.3) is 11.5 Å². The molecule has 0 N–H and O–H groups in total. The van der Waals surface area contributed by atoms with Crippen LogP contribution >= 0.6 is 0 Å². The number of rotatable bonds is 4. The van der Waals surface area contributed by atoms with Gasteiger partial charge in [0, 0.05) is 56.1 Å². The maximum atomic E-state index is 13.9. The molecule has 0 unspecified atom stereocenters. The zero-order chi connectivity index (χ0) is 24.4. The van der Waals surface area contributed by atoms with Crippen molar-refractivity contribution < 1.29 is 4.79 Å². The summed E-state index contributed by atoms with van der Waals surface area (Å²) in [6, 6.07) is 21.1. The number of aryl methyl sites for hydroxylation is 2. The van der Waals surface area contributed by atoms with E-state index in [9.17, 15) is 9.59 Å². The van der Waals surface area contributed by atoms with Gasteiger partial charge in [-0.3, -0.25) is 9.59 Å². The molecule has 5 rings (SSSR count). The Labute approximate surface area is 203 Å². The van der Waals surface area contributed by atoms with Gasteiger partial charge in [-0.25, -0.2) is 14.6 Å². The summed E-state index contributed by atoms with van der Waals surface area (Å²) in [7, 11) is 1.59. The molecule has 1 aliphatic heterocycles. The predicted molar refractivity (Wildman–Crippen MR) is 135 cm³/mol. The largest absolute Gasteiger partial charge is 0.353 e. The number of hydrogen-bond acceptors (Lipinski definition) is 6. The van der Waals surface area contributed by atoms with Crippen molar-refractivity contribution in [1.82, 2.24) is 24.6 Å². The van der Waals surface area contributed by atoms with Crippen LogP contribution in [0, 0.1) is 6.92 Å². The molecular weight excluding hydrogens is 440 g/mol. The quantitative estimate of drug-likeness (QED) is 0.459. The maximum absolute atomic E-state index is 13.9. The average Bonchev–Trinajstić information content (AvgIpc) is 2.90. The molecule has 0 saturated carbocycles. The van der Waals surface area contributed by atoms with Crippen molar-refractivity contribution in [3.05, 3.63) is 94.7 Å². The molecule has 1 amide bonds. The van der Waals surface area contributed by atoms with Crippen LogP contribution in [0.15, 0.2) is 77.9 Å². The van der Waals surface area contributed by atoms with Crippen LogP contribution in [0.3, 0.4) is 0 Å². The standard InChI is InChI=1S/C27H26N6O2/c1-19-17-22(29-18-28-19)32-13-15-33(16-14-32)27(35)24-23(20-9-5-3-6-10-20)25(30-31(2)26(24)34)21-11-7-4-8-12-21/h3-12,17-18H,13-16H2,1-2H3. The van der Waals surface area contributed by atoms with Gasteiger partial charge in [-0.15, -0.1) is 0 Å². The van der Waals surface area contributed by atoms with Crippen LogP contribution in [0.2, 0.25) is 0 Å². The molecule has 0 radical (unpaired) electrons. The topological polar surface area (TPSA) is 84.2 Å². The number of carbonyl (C=O) groups is 1. The zero-order valence-electron chi connectivity index (χ0n) is 19.8. The number of piperazine rings is 1. The van der Waals surface area contributed by atoms with Gasteiger partial charge in [0.1, 0.15) is 17.7 Å². The summed E-state index contributed by atoms with van der Waals surface area (Å²) >= 11 is 0. The van der Waals surface area contributed by atoms with Crippen molar-refractivity contribution >= 4 is 11.7 Å². The van der Waals surface area contributed by atoms with Crippen molar-refractivity contribution in [3.8, 4) is 22.4 Å². The Bertz CT molecular complexity index is 1410. The van der Waals surface area contributed by atoms with Crippen LogP contribution in [0.4, 0.5) is 5.82 Å². The number of carbonyl (C=O) groups excluding carboxylic acids is 1. The molecule has 4 aromatic rings. The number of anilines is 1. The van der Waals surface area contributed by atoms with Crippen LogP contribution in [0.25, 0.3) is 22.4 Å². The number of hydrogen-bond donors (Lipinski definition) is 0. The molecule has 1 saturated heterocycles. The second-order valence-electron chi connectivity index (χ2n) is 8.56. The maximum Gasteiger partial charge on any atom is 0.280 e. The zero-order valence-corrected chi connectivity index (χ0v) is 19.8. The summed E-state index contributed by atoms with van der Waals surface area (Å²) in [4.78, 5) is 39.7. The Hall–Kier alpha value is -4.33. The summed E-state index contributed by atoms with van der Waals surface area (Å²) < 4.78 is 1.27. The minimum atomic E-state index is -0.401. The Morgan fingerprint density at radius 1 is 0.857 bits per heavy atom. The Balaban J connectivity index is 1.55. The summed E-state index contributed by atoms with van der Waals surface area (Å²) in [6.07, 6.45) is 1.56. The lowest BCUT2D eigenvalue weighted by atomic mass is 9.94. The van der Waals surface area contributed by atoms with E-state index in [1.165, 1.54) is 4.68 Å². The fourth-order valence-electron chi connectivity index (χ4n) is 4.43. The highest BCUT2D eigenvalue weighted by Crippen LogP contribution is 2.32. The molecule has 0 bridgehead atoms. The van der Waals surface area contributed by atoms with Crippen molar-refractivity contribution in [2.75, 3.05) is 31.1 Å². The molecule has 3 heterocycles. The normalized spacial score (nSPS) is 13.7. The van der Waals surface area contributed by atoms with E-state index < -0.39 is 5.56 Å². The molecule has 0 aliphatic carbocycles. The van der Waals surface area contributed by atoms with Gasteiger partial charge < -0.3 is 9.80 Å². The van der Waals surface area contributed by atoms with E-state index in [-0.39, 0.29) is 11.5 Å². The first-order valence-corrected chi connectivity index (χ1v) is 11.6. The second kappa shape index (κ2) is 9.50. The first-order valence-electron chi connectivity index (χ1n) is 11.6. The molecule has 176 valence electrons. The molecule has 8 heteroatoms. The number of nitrogens with zero attached hydrogens (tertiary/aromatic N) is 6. The third-order valence-corrected chi connectivity index (χ3v) is 6.25. The van der Waals surface area contributed by atoms with Gasteiger partial charge >= 0.3 is 0 Å². The molecule has 1 aliphatic rings. The smallest absolute Gasteiger partial charge is 0.280 e. The average molecular weight is 467 g/mol. The SMILES string of the molecule is Cc1cc(N2CCN(C(=O)c3c(-c4ccccc4)c(-c4ccccc4)nn(C)c3=O)CC2)ncn1. The van der Waals surface area contributed by atoms with Crippen LogP contribution in [-0.4, -0.2) is 56.7 Å². The lowest BCUT2D eigenvalue weighted by Crippen LogP contribution is -2.50. The minimum Gasteiger partial charge on any atom is -0.353 e. The van der Waals surface area contributed by atoms with Crippen LogP contribution in [-0.2, 0) is 7.05 Å². The van der Waals surface area contributed by atoms with Crippen LogP contribution in [0.1, 0.15) is 16.1 Å². The van der Waals surface area contributed by atoms with Crippen molar-refractivity contribution in [1.29, 1.82) is 0 Å². The molecule has 0 spiro atoms. The molecule has 2 aromatic carbocycles.